The molecule has 5 atom stereocenters. The fourth-order valence-electron chi connectivity index (χ4n) is 6.33. The monoisotopic (exact) mass is 773 g/mol. The van der Waals surface area contributed by atoms with Gasteiger partial charge in [0.1, 0.15) is 36.0 Å². The maximum Gasteiger partial charge on any atom is 0.326 e. The number of unbranched alkanes of at least 4 members (excludes halogenated alkanes) is 1. The number of carboxylic acid groups (broad SMARTS) is 1. The molecule has 17 heteroatoms. The van der Waals surface area contributed by atoms with E-state index in [4.69, 9.17) is 11.5 Å². The Bertz CT molecular complexity index is 1470. The lowest BCUT2D eigenvalue weighted by atomic mass is 9.85. The molecule has 0 aliphatic carbocycles. The summed E-state index contributed by atoms with van der Waals surface area (Å²) in [7, 11) is 1.82. The van der Waals surface area contributed by atoms with Crippen LogP contribution in [0.2, 0.25) is 0 Å². The van der Waals surface area contributed by atoms with Gasteiger partial charge >= 0.3 is 5.97 Å². The van der Waals surface area contributed by atoms with Crippen LogP contribution in [0.15, 0.2) is 29.3 Å². The lowest BCUT2D eigenvalue weighted by molar-refractivity contribution is -0.143. The molecule has 1 saturated heterocycles. The van der Waals surface area contributed by atoms with Crippen LogP contribution in [-0.4, -0.2) is 113 Å². The first-order valence-electron chi connectivity index (χ1n) is 19.1. The van der Waals surface area contributed by atoms with Gasteiger partial charge in [-0.2, -0.15) is 0 Å². The Balaban J connectivity index is 2.35. The minimum absolute atomic E-state index is 0.00524. The summed E-state index contributed by atoms with van der Waals surface area (Å²) >= 11 is 0. The van der Waals surface area contributed by atoms with Crippen molar-refractivity contribution in [1.82, 2.24) is 31.5 Å². The number of carboxylic acids is 1. The fourth-order valence-corrected chi connectivity index (χ4v) is 6.33. The number of hydrogen-bond acceptors (Lipinski definition) is 9. The van der Waals surface area contributed by atoms with E-state index in [1.54, 1.807) is 32.9 Å². The summed E-state index contributed by atoms with van der Waals surface area (Å²) < 4.78 is 0. The zero-order valence-electron chi connectivity index (χ0n) is 33.2. The van der Waals surface area contributed by atoms with Gasteiger partial charge in [0, 0.05) is 25.9 Å². The molecule has 0 bridgehead atoms. The van der Waals surface area contributed by atoms with Gasteiger partial charge in [-0.25, -0.2) is 4.79 Å². The second kappa shape index (κ2) is 22.4. The third kappa shape index (κ3) is 16.1. The normalized spacial score (nSPS) is 16.3. The lowest BCUT2D eigenvalue weighted by Gasteiger charge is -2.33. The van der Waals surface area contributed by atoms with Gasteiger partial charge in [0.05, 0.1) is 0 Å². The van der Waals surface area contributed by atoms with Crippen LogP contribution in [0.4, 0.5) is 0 Å². The SMILES string of the molecule is CNCCCCC(=O)N[C@@H](CCCN=C(N)N)C(=O)N1CCC[C@H]1C(=O)N[C@@H](Cc1ccc(O)cc1)C(=O)N[C@H](C(=O)N[C@@H](CC(C)C)C(=O)O)C(C)(C)C. The number of nitrogens with two attached hydrogens (primary N) is 2. The molecule has 0 saturated carbocycles. The summed E-state index contributed by atoms with van der Waals surface area (Å²) in [5, 5.41) is 33.6. The molecule has 1 heterocycles. The molecule has 1 aliphatic heterocycles. The minimum Gasteiger partial charge on any atom is -0.508 e. The fraction of sp³-hybridized carbons (Fsp3) is 0.658. The van der Waals surface area contributed by atoms with Crippen LogP contribution < -0.4 is 38.1 Å². The van der Waals surface area contributed by atoms with Crippen LogP contribution in [0.1, 0.15) is 91.5 Å². The van der Waals surface area contributed by atoms with Gasteiger partial charge in [-0.1, -0.05) is 46.8 Å². The van der Waals surface area contributed by atoms with E-state index in [2.05, 4.69) is 31.6 Å². The van der Waals surface area contributed by atoms with E-state index in [9.17, 15) is 39.0 Å². The molecule has 1 aliphatic rings. The highest BCUT2D eigenvalue weighted by Gasteiger charge is 2.40. The Kier molecular flexibility index (Phi) is 18.9. The predicted molar refractivity (Wildman–Crippen MR) is 209 cm³/mol. The molecule has 55 heavy (non-hydrogen) atoms. The first-order valence-corrected chi connectivity index (χ1v) is 19.1. The molecule has 1 aromatic rings. The number of aliphatic carboxylic acids is 1. The van der Waals surface area contributed by atoms with E-state index in [-0.39, 0.29) is 62.3 Å². The van der Waals surface area contributed by atoms with E-state index >= 15 is 0 Å². The number of carbonyl (C=O) groups is 6. The first kappa shape index (κ1) is 46.2. The van der Waals surface area contributed by atoms with Crippen LogP contribution in [-0.2, 0) is 35.2 Å². The highest BCUT2D eigenvalue weighted by atomic mass is 16.4. The van der Waals surface area contributed by atoms with Crippen molar-refractivity contribution in [1.29, 1.82) is 0 Å². The summed E-state index contributed by atoms with van der Waals surface area (Å²) in [5.74, 6) is -4.04. The van der Waals surface area contributed by atoms with Crippen molar-refractivity contribution in [3.63, 3.8) is 0 Å². The van der Waals surface area contributed by atoms with E-state index < -0.39 is 65.2 Å². The number of phenolic OH excluding ortho intramolecular Hbond substituents is 1. The summed E-state index contributed by atoms with van der Waals surface area (Å²) in [5.41, 5.74) is 10.6. The number of nitrogens with one attached hydrogen (secondary N) is 5. The van der Waals surface area contributed by atoms with Gasteiger partial charge in [0.25, 0.3) is 0 Å². The van der Waals surface area contributed by atoms with Crippen molar-refractivity contribution in [3.05, 3.63) is 29.8 Å². The molecule has 0 radical (unpaired) electrons. The molecule has 5 amide bonds. The number of amides is 5. The van der Waals surface area contributed by atoms with Gasteiger partial charge in [-0.05, 0) is 87.6 Å². The first-order chi connectivity index (χ1) is 25.8. The number of benzene rings is 1. The highest BCUT2D eigenvalue weighted by Crippen LogP contribution is 2.23. The number of aliphatic imine (C=N–C) groups is 1. The molecule has 17 nitrogen and oxygen atoms in total. The third-order valence-corrected chi connectivity index (χ3v) is 9.24. The number of phenols is 1. The third-order valence-electron chi connectivity index (χ3n) is 9.24. The van der Waals surface area contributed by atoms with E-state index in [0.29, 0.717) is 31.2 Å². The van der Waals surface area contributed by atoms with E-state index in [0.717, 1.165) is 13.0 Å². The molecular formula is C38H63N9O8. The standard InChI is InChI=1S/C38H63N9O8/c1-23(2)21-28(36(54)55)45-34(52)31(38(3,4)5)46-32(50)27(22-24-14-16-25(48)17-15-24)44-33(51)29-12-10-20-47(29)35(53)26(11-9-19-42-37(39)40)43-30(49)13-7-8-18-41-6/h14-17,23,26-29,31,41,48H,7-13,18-22H2,1-6H3,(H,43,49)(H,44,51)(H,45,52)(H,46,50)(H,54,55)(H4,39,40,42)/t26-,27-,28-,29-,31+/m0/s1. The summed E-state index contributed by atoms with van der Waals surface area (Å²) in [6, 6.07) is 0.598. The zero-order chi connectivity index (χ0) is 41.3. The van der Waals surface area contributed by atoms with Crippen molar-refractivity contribution in [2.75, 3.05) is 26.7 Å². The molecule has 2 rings (SSSR count). The molecule has 1 aromatic carbocycles. The van der Waals surface area contributed by atoms with Crippen molar-refractivity contribution in [2.45, 2.75) is 123 Å². The van der Waals surface area contributed by atoms with Gasteiger partial charge in [-0.15, -0.1) is 0 Å². The molecule has 11 N–H and O–H groups in total. The van der Waals surface area contributed by atoms with Crippen molar-refractivity contribution >= 4 is 41.5 Å². The Morgan fingerprint density at radius 3 is 2.16 bits per heavy atom. The van der Waals surface area contributed by atoms with Crippen molar-refractivity contribution in [2.24, 2.45) is 27.8 Å². The topological polar surface area (TPSA) is 271 Å². The number of aromatic hydroxyl groups is 1. The summed E-state index contributed by atoms with van der Waals surface area (Å²) in [6.45, 7) is 10.1. The van der Waals surface area contributed by atoms with Crippen LogP contribution in [0, 0.1) is 11.3 Å². The molecule has 1 fully saturated rings. The highest BCUT2D eigenvalue weighted by molar-refractivity contribution is 5.96. The maximum absolute atomic E-state index is 14.1. The second-order valence-corrected chi connectivity index (χ2v) is 15.6. The second-order valence-electron chi connectivity index (χ2n) is 15.6. The molecule has 0 aromatic heterocycles. The van der Waals surface area contributed by atoms with Crippen LogP contribution in [0.5, 0.6) is 5.75 Å². The smallest absolute Gasteiger partial charge is 0.326 e. The summed E-state index contributed by atoms with van der Waals surface area (Å²) in [4.78, 5) is 85.9. The van der Waals surface area contributed by atoms with E-state index in [1.165, 1.54) is 17.0 Å². The Labute approximate surface area is 324 Å². The van der Waals surface area contributed by atoms with Crippen LogP contribution >= 0.6 is 0 Å². The predicted octanol–water partition coefficient (Wildman–Crippen LogP) is 0.485. The van der Waals surface area contributed by atoms with Crippen LogP contribution in [0.25, 0.3) is 0 Å². The van der Waals surface area contributed by atoms with Gasteiger partial charge < -0.3 is 53.2 Å². The Hall–Kier alpha value is -4.93. The summed E-state index contributed by atoms with van der Waals surface area (Å²) in [6.07, 6.45) is 3.21. The number of rotatable bonds is 22. The molecule has 0 unspecified atom stereocenters. The number of guanidine groups is 1. The molecule has 0 spiro atoms. The molecular weight excluding hydrogens is 710 g/mol. The minimum atomic E-state index is -1.23. The average Bonchev–Trinajstić information content (AvgIpc) is 3.60. The number of likely N-dealkylation sites (tertiary alicyclic amines) is 1. The van der Waals surface area contributed by atoms with Gasteiger partial charge in [0.2, 0.25) is 29.5 Å². The number of nitrogens with zero attached hydrogens (tertiary/aromatic N) is 2. The number of carbonyl (C=O) groups excluding carboxylic acids is 5. The molecule has 308 valence electrons. The van der Waals surface area contributed by atoms with Crippen molar-refractivity contribution in [3.8, 4) is 5.75 Å². The van der Waals surface area contributed by atoms with Gasteiger partial charge in [0.15, 0.2) is 5.96 Å². The van der Waals surface area contributed by atoms with Crippen molar-refractivity contribution < 1.29 is 39.0 Å². The number of hydrogen-bond donors (Lipinski definition) is 9. The zero-order valence-corrected chi connectivity index (χ0v) is 33.2. The van der Waals surface area contributed by atoms with Crippen LogP contribution in [0.3, 0.4) is 0 Å². The lowest BCUT2D eigenvalue weighted by Crippen LogP contribution is -2.61. The quantitative estimate of drug-likeness (QED) is 0.0444. The maximum atomic E-state index is 14.1. The Morgan fingerprint density at radius 2 is 1.58 bits per heavy atom. The van der Waals surface area contributed by atoms with E-state index in [1.807, 2.05) is 20.9 Å². The largest absolute Gasteiger partial charge is 0.508 e. The van der Waals surface area contributed by atoms with Gasteiger partial charge in [-0.3, -0.25) is 29.0 Å². The average molecular weight is 774 g/mol. The Morgan fingerprint density at radius 1 is 0.909 bits per heavy atom.